The van der Waals surface area contributed by atoms with Crippen LogP contribution in [-0.2, 0) is 0 Å². The van der Waals surface area contributed by atoms with E-state index in [4.69, 9.17) is 5.26 Å². The molecule has 0 N–H and O–H groups in total. The van der Waals surface area contributed by atoms with E-state index in [1.54, 1.807) is 0 Å². The fraction of sp³-hybridized carbons (Fsp3) is 0.364. The molecule has 0 unspecified atom stereocenters. The molecule has 0 atom stereocenters. The lowest BCUT2D eigenvalue weighted by molar-refractivity contribution is 1.29. The summed E-state index contributed by atoms with van der Waals surface area (Å²) in [5.41, 5.74) is 2.96. The normalized spacial score (nSPS) is 8.31. The number of rotatable bonds is 0. The van der Waals surface area contributed by atoms with E-state index < -0.39 is 0 Å². The van der Waals surface area contributed by atoms with E-state index in [2.05, 4.69) is 22.0 Å². The number of benzene rings is 1. The molecule has 0 aliphatic heterocycles. The van der Waals surface area contributed by atoms with Crippen LogP contribution in [0.1, 0.15) is 30.5 Å². The monoisotopic (exact) mass is 239 g/mol. The van der Waals surface area contributed by atoms with Gasteiger partial charge in [-0.15, -0.1) is 0 Å². The Hall–Kier alpha value is -0.810. The first-order chi connectivity index (χ1) is 6.16. The Kier molecular flexibility index (Phi) is 5.41. The second-order valence-corrected chi connectivity index (χ2v) is 3.33. The minimum Gasteiger partial charge on any atom is -0.192 e. The summed E-state index contributed by atoms with van der Waals surface area (Å²) in [5, 5.41) is 8.74. The van der Waals surface area contributed by atoms with Crippen LogP contribution >= 0.6 is 15.9 Å². The Bertz CT molecular complexity index is 324. The molecular formula is C11H14BrN. The molecule has 0 amide bonds. The molecule has 1 nitrogen and oxygen atoms in total. The van der Waals surface area contributed by atoms with E-state index in [1.807, 2.05) is 39.8 Å². The molecule has 13 heavy (non-hydrogen) atoms. The number of nitrogens with zero attached hydrogens (tertiary/aromatic N) is 1. The molecule has 0 saturated carbocycles. The van der Waals surface area contributed by atoms with Crippen LogP contribution in [0.15, 0.2) is 16.6 Å². The zero-order chi connectivity index (χ0) is 10.4. The maximum absolute atomic E-state index is 8.74. The summed E-state index contributed by atoms with van der Waals surface area (Å²) in [6.45, 7) is 7.96. The topological polar surface area (TPSA) is 23.8 Å². The van der Waals surface area contributed by atoms with Crippen molar-refractivity contribution >= 4 is 15.9 Å². The minimum absolute atomic E-state index is 0.741. The molecule has 0 fully saturated rings. The van der Waals surface area contributed by atoms with Gasteiger partial charge in [-0.1, -0.05) is 19.9 Å². The van der Waals surface area contributed by atoms with Gasteiger partial charge in [0.1, 0.15) is 6.07 Å². The number of aryl methyl sites for hydroxylation is 1. The molecule has 0 aliphatic carbocycles. The fourth-order valence-electron chi connectivity index (χ4n) is 0.920. The zero-order valence-corrected chi connectivity index (χ0v) is 10.1. The molecule has 0 radical (unpaired) electrons. The third-order valence-corrected chi connectivity index (χ3v) is 2.46. The Morgan fingerprint density at radius 3 is 2.15 bits per heavy atom. The summed E-state index contributed by atoms with van der Waals surface area (Å²) in [6, 6.07) is 6.06. The molecule has 0 saturated heterocycles. The van der Waals surface area contributed by atoms with Crippen molar-refractivity contribution in [3.05, 3.63) is 33.3 Å². The van der Waals surface area contributed by atoms with Crippen LogP contribution < -0.4 is 0 Å². The number of halogens is 1. The van der Waals surface area contributed by atoms with Crippen molar-refractivity contribution in [1.29, 1.82) is 5.26 Å². The highest BCUT2D eigenvalue weighted by atomic mass is 79.9. The average Bonchev–Trinajstić information content (AvgIpc) is 2.16. The summed E-state index contributed by atoms with van der Waals surface area (Å²) < 4.78 is 0.878. The van der Waals surface area contributed by atoms with Crippen LogP contribution in [0.4, 0.5) is 0 Å². The molecule has 0 aliphatic rings. The Labute approximate surface area is 88.5 Å². The van der Waals surface area contributed by atoms with E-state index in [-0.39, 0.29) is 0 Å². The van der Waals surface area contributed by atoms with Crippen LogP contribution in [0.2, 0.25) is 0 Å². The average molecular weight is 240 g/mol. The smallest absolute Gasteiger partial charge is 0.101 e. The van der Waals surface area contributed by atoms with Crippen molar-refractivity contribution in [3.63, 3.8) is 0 Å². The second kappa shape index (κ2) is 5.77. The molecule has 2 heteroatoms. The van der Waals surface area contributed by atoms with Crippen molar-refractivity contribution < 1.29 is 0 Å². The first-order valence-electron chi connectivity index (χ1n) is 4.32. The van der Waals surface area contributed by atoms with Crippen LogP contribution in [0.5, 0.6) is 0 Å². The van der Waals surface area contributed by atoms with Gasteiger partial charge in [0.05, 0.1) is 5.56 Å². The number of hydrogen-bond donors (Lipinski definition) is 0. The SMILES string of the molecule is CC.Cc1ccc(Br)c(C#N)c1C. The predicted molar refractivity (Wildman–Crippen MR) is 59.7 cm³/mol. The quantitative estimate of drug-likeness (QED) is 0.673. The van der Waals surface area contributed by atoms with Crippen molar-refractivity contribution in [2.75, 3.05) is 0 Å². The highest BCUT2D eigenvalue weighted by molar-refractivity contribution is 9.10. The largest absolute Gasteiger partial charge is 0.192 e. The third kappa shape index (κ3) is 2.86. The fourth-order valence-corrected chi connectivity index (χ4v) is 1.44. The van der Waals surface area contributed by atoms with Gasteiger partial charge in [-0.25, -0.2) is 0 Å². The van der Waals surface area contributed by atoms with E-state index in [0.717, 1.165) is 21.2 Å². The van der Waals surface area contributed by atoms with E-state index >= 15 is 0 Å². The molecule has 0 aromatic heterocycles. The van der Waals surface area contributed by atoms with Gasteiger partial charge < -0.3 is 0 Å². The van der Waals surface area contributed by atoms with Crippen molar-refractivity contribution in [1.82, 2.24) is 0 Å². The van der Waals surface area contributed by atoms with Crippen LogP contribution in [0.25, 0.3) is 0 Å². The standard InChI is InChI=1S/C9H8BrN.C2H6/c1-6-3-4-9(10)8(5-11)7(6)2;1-2/h3-4H,1-2H3;1-2H3. The zero-order valence-electron chi connectivity index (χ0n) is 8.48. The lowest BCUT2D eigenvalue weighted by Gasteiger charge is -2.02. The molecule has 0 bridgehead atoms. The number of hydrogen-bond acceptors (Lipinski definition) is 1. The molecule has 1 rings (SSSR count). The summed E-state index contributed by atoms with van der Waals surface area (Å²) in [6.07, 6.45) is 0. The molecule has 1 aromatic carbocycles. The minimum atomic E-state index is 0.741. The maximum atomic E-state index is 8.74. The summed E-state index contributed by atoms with van der Waals surface area (Å²) in [7, 11) is 0. The summed E-state index contributed by atoms with van der Waals surface area (Å²) >= 11 is 3.32. The molecule has 1 aromatic rings. The summed E-state index contributed by atoms with van der Waals surface area (Å²) in [4.78, 5) is 0. The second-order valence-electron chi connectivity index (χ2n) is 2.48. The van der Waals surface area contributed by atoms with E-state index in [1.165, 1.54) is 0 Å². The lowest BCUT2D eigenvalue weighted by Crippen LogP contribution is -1.87. The Morgan fingerprint density at radius 1 is 1.23 bits per heavy atom. The van der Waals surface area contributed by atoms with Gasteiger partial charge in [0.25, 0.3) is 0 Å². The van der Waals surface area contributed by atoms with Crippen LogP contribution in [-0.4, -0.2) is 0 Å². The first kappa shape index (κ1) is 12.2. The van der Waals surface area contributed by atoms with Gasteiger partial charge in [-0.3, -0.25) is 0 Å². The lowest BCUT2D eigenvalue weighted by atomic mass is 10.1. The van der Waals surface area contributed by atoms with Crippen molar-refractivity contribution in [2.45, 2.75) is 27.7 Å². The van der Waals surface area contributed by atoms with Crippen molar-refractivity contribution in [2.24, 2.45) is 0 Å². The van der Waals surface area contributed by atoms with Crippen LogP contribution in [0.3, 0.4) is 0 Å². The van der Waals surface area contributed by atoms with Gasteiger partial charge in [-0.2, -0.15) is 5.26 Å². The van der Waals surface area contributed by atoms with Gasteiger partial charge in [-0.05, 0) is 47.0 Å². The summed E-state index contributed by atoms with van der Waals surface area (Å²) in [5.74, 6) is 0. The molecule has 0 spiro atoms. The third-order valence-electron chi connectivity index (χ3n) is 1.80. The van der Waals surface area contributed by atoms with Crippen LogP contribution in [0, 0.1) is 25.2 Å². The van der Waals surface area contributed by atoms with Gasteiger partial charge >= 0.3 is 0 Å². The van der Waals surface area contributed by atoms with E-state index in [9.17, 15) is 0 Å². The predicted octanol–water partition coefficient (Wildman–Crippen LogP) is 3.96. The molecule has 0 heterocycles. The molecule has 70 valence electrons. The number of nitriles is 1. The maximum Gasteiger partial charge on any atom is 0.101 e. The van der Waals surface area contributed by atoms with E-state index in [0.29, 0.717) is 0 Å². The first-order valence-corrected chi connectivity index (χ1v) is 5.12. The Balaban J connectivity index is 0.000000671. The highest BCUT2D eigenvalue weighted by Crippen LogP contribution is 2.21. The van der Waals surface area contributed by atoms with Gasteiger partial charge in [0, 0.05) is 4.47 Å². The van der Waals surface area contributed by atoms with Gasteiger partial charge in [0.15, 0.2) is 0 Å². The highest BCUT2D eigenvalue weighted by Gasteiger charge is 2.03. The Morgan fingerprint density at radius 2 is 1.77 bits per heavy atom. The van der Waals surface area contributed by atoms with Crippen molar-refractivity contribution in [3.8, 4) is 6.07 Å². The molecular weight excluding hydrogens is 226 g/mol. The van der Waals surface area contributed by atoms with Gasteiger partial charge in [0.2, 0.25) is 0 Å².